The maximum Gasteiger partial charge on any atom is 0.374 e. The minimum absolute atomic E-state index is 0.123. The van der Waals surface area contributed by atoms with Gasteiger partial charge in [0.1, 0.15) is 7.85 Å². The Bertz CT molecular complexity index is 559. The third kappa shape index (κ3) is 2.00. The number of fused-ring (bicyclic) bond motifs is 1. The molecule has 0 fully saturated rings. The highest BCUT2D eigenvalue weighted by Crippen LogP contribution is 2.27. The molecule has 1 heterocycles. The standard InChI is InChI=1S/C12H11BO4/c1-3-16-12(14)10-6-7-8(13)4-5-9(15-2)11(7)17-10/h4-6H,3H2,1-2H3. The quantitative estimate of drug-likeness (QED) is 0.590. The molecule has 17 heavy (non-hydrogen) atoms. The summed E-state index contributed by atoms with van der Waals surface area (Å²) >= 11 is 0. The molecule has 1 aromatic carbocycles. The van der Waals surface area contributed by atoms with Gasteiger partial charge in [0.15, 0.2) is 11.3 Å². The number of carbonyl (C=O) groups is 1. The third-order valence-electron chi connectivity index (χ3n) is 2.38. The predicted octanol–water partition coefficient (Wildman–Crippen LogP) is 1.41. The normalized spacial score (nSPS) is 10.5. The van der Waals surface area contributed by atoms with Gasteiger partial charge in [0.2, 0.25) is 5.76 Å². The van der Waals surface area contributed by atoms with Gasteiger partial charge < -0.3 is 13.9 Å². The van der Waals surface area contributed by atoms with Crippen molar-refractivity contribution in [3.8, 4) is 5.75 Å². The fourth-order valence-electron chi connectivity index (χ4n) is 1.58. The van der Waals surface area contributed by atoms with Gasteiger partial charge >= 0.3 is 5.97 Å². The number of rotatable bonds is 3. The number of methoxy groups -OCH3 is 1. The lowest BCUT2D eigenvalue weighted by molar-refractivity contribution is 0.0492. The highest BCUT2D eigenvalue weighted by molar-refractivity contribution is 6.39. The molecule has 86 valence electrons. The first-order valence-corrected chi connectivity index (χ1v) is 5.20. The molecular formula is C12H11BO4. The van der Waals surface area contributed by atoms with Crippen LogP contribution in [0.4, 0.5) is 0 Å². The van der Waals surface area contributed by atoms with Gasteiger partial charge in [0, 0.05) is 5.39 Å². The van der Waals surface area contributed by atoms with E-state index in [0.29, 0.717) is 28.8 Å². The van der Waals surface area contributed by atoms with E-state index in [9.17, 15) is 4.79 Å². The molecule has 2 radical (unpaired) electrons. The molecule has 0 N–H and O–H groups in total. The Labute approximate surface area is 99.9 Å². The fourth-order valence-corrected chi connectivity index (χ4v) is 1.58. The number of furan rings is 1. The van der Waals surface area contributed by atoms with Crippen molar-refractivity contribution in [3.63, 3.8) is 0 Å². The summed E-state index contributed by atoms with van der Waals surface area (Å²) in [7, 11) is 7.32. The van der Waals surface area contributed by atoms with Crippen molar-refractivity contribution in [2.45, 2.75) is 6.92 Å². The van der Waals surface area contributed by atoms with Crippen LogP contribution >= 0.6 is 0 Å². The average Bonchev–Trinajstić information content (AvgIpc) is 2.76. The molecule has 0 amide bonds. The number of esters is 1. The van der Waals surface area contributed by atoms with Crippen molar-refractivity contribution < 1.29 is 18.7 Å². The maximum atomic E-state index is 11.5. The molecular weight excluding hydrogens is 219 g/mol. The molecule has 0 aliphatic heterocycles. The second kappa shape index (κ2) is 4.53. The smallest absolute Gasteiger partial charge is 0.374 e. The predicted molar refractivity (Wildman–Crippen MR) is 64.1 cm³/mol. The van der Waals surface area contributed by atoms with Crippen molar-refractivity contribution in [2.24, 2.45) is 0 Å². The van der Waals surface area contributed by atoms with E-state index in [2.05, 4.69) is 0 Å². The second-order valence-electron chi connectivity index (χ2n) is 3.43. The molecule has 0 saturated carbocycles. The zero-order valence-corrected chi connectivity index (χ0v) is 9.65. The largest absolute Gasteiger partial charge is 0.493 e. The Kier molecular flexibility index (Phi) is 3.09. The van der Waals surface area contributed by atoms with E-state index in [1.165, 1.54) is 7.11 Å². The van der Waals surface area contributed by atoms with Gasteiger partial charge in [0.25, 0.3) is 0 Å². The maximum absolute atomic E-state index is 11.5. The summed E-state index contributed by atoms with van der Waals surface area (Å²) in [5.74, 6) is 0.146. The molecule has 0 atom stereocenters. The van der Waals surface area contributed by atoms with Gasteiger partial charge in [-0.05, 0) is 19.1 Å². The van der Waals surface area contributed by atoms with Crippen LogP contribution in [0.5, 0.6) is 5.75 Å². The number of benzene rings is 1. The van der Waals surface area contributed by atoms with Gasteiger partial charge in [-0.2, -0.15) is 0 Å². The highest BCUT2D eigenvalue weighted by Gasteiger charge is 2.16. The monoisotopic (exact) mass is 230 g/mol. The molecule has 0 spiro atoms. The van der Waals surface area contributed by atoms with Crippen LogP contribution in [0.25, 0.3) is 11.0 Å². The lowest BCUT2D eigenvalue weighted by Crippen LogP contribution is -2.03. The Hall–Kier alpha value is -1.91. The summed E-state index contributed by atoms with van der Waals surface area (Å²) in [6.45, 7) is 2.03. The van der Waals surface area contributed by atoms with E-state index in [4.69, 9.17) is 21.7 Å². The summed E-state index contributed by atoms with van der Waals surface area (Å²) in [6.07, 6.45) is 0. The first kappa shape index (κ1) is 11.6. The van der Waals surface area contributed by atoms with Crippen molar-refractivity contribution in [1.82, 2.24) is 0 Å². The first-order valence-electron chi connectivity index (χ1n) is 5.20. The van der Waals surface area contributed by atoms with E-state index in [0.717, 1.165) is 0 Å². The summed E-state index contributed by atoms with van der Waals surface area (Å²) in [5, 5.41) is 0.646. The van der Waals surface area contributed by atoms with Crippen LogP contribution in [0.1, 0.15) is 17.5 Å². The summed E-state index contributed by atoms with van der Waals surface area (Å²) in [4.78, 5) is 11.5. The van der Waals surface area contributed by atoms with Crippen LogP contribution in [0.15, 0.2) is 22.6 Å². The van der Waals surface area contributed by atoms with Crippen LogP contribution in [0.2, 0.25) is 0 Å². The van der Waals surface area contributed by atoms with Crippen LogP contribution in [0, 0.1) is 0 Å². The molecule has 0 saturated heterocycles. The Balaban J connectivity index is 2.56. The third-order valence-corrected chi connectivity index (χ3v) is 2.38. The zero-order chi connectivity index (χ0) is 12.4. The molecule has 2 rings (SSSR count). The first-order chi connectivity index (χ1) is 8.17. The van der Waals surface area contributed by atoms with Crippen LogP contribution < -0.4 is 10.2 Å². The number of carbonyl (C=O) groups excluding carboxylic acids is 1. The van der Waals surface area contributed by atoms with E-state index in [-0.39, 0.29) is 5.76 Å². The van der Waals surface area contributed by atoms with Gasteiger partial charge in [-0.25, -0.2) is 4.79 Å². The van der Waals surface area contributed by atoms with Crippen LogP contribution in [-0.2, 0) is 4.74 Å². The van der Waals surface area contributed by atoms with Gasteiger partial charge in [-0.3, -0.25) is 0 Å². The lowest BCUT2D eigenvalue weighted by atomic mass is 9.92. The molecule has 4 nitrogen and oxygen atoms in total. The summed E-state index contributed by atoms with van der Waals surface area (Å²) in [5.41, 5.74) is 0.982. The Morgan fingerprint density at radius 1 is 1.47 bits per heavy atom. The van der Waals surface area contributed by atoms with E-state index >= 15 is 0 Å². The van der Waals surface area contributed by atoms with E-state index in [1.807, 2.05) is 0 Å². The highest BCUT2D eigenvalue weighted by atomic mass is 16.5. The Morgan fingerprint density at radius 3 is 2.88 bits per heavy atom. The minimum Gasteiger partial charge on any atom is -0.493 e. The number of ether oxygens (including phenoxy) is 2. The molecule has 5 heteroatoms. The molecule has 1 aromatic heterocycles. The van der Waals surface area contributed by atoms with Crippen LogP contribution in [-0.4, -0.2) is 27.5 Å². The molecule has 0 unspecified atom stereocenters. The van der Waals surface area contributed by atoms with Crippen molar-refractivity contribution in [2.75, 3.05) is 13.7 Å². The summed E-state index contributed by atoms with van der Waals surface area (Å²) < 4.78 is 15.4. The minimum atomic E-state index is -0.509. The topological polar surface area (TPSA) is 48.7 Å². The zero-order valence-electron chi connectivity index (χ0n) is 9.65. The number of hydrogen-bond donors (Lipinski definition) is 0. The molecule has 0 aliphatic rings. The van der Waals surface area contributed by atoms with Crippen molar-refractivity contribution in [1.29, 1.82) is 0 Å². The molecule has 0 bridgehead atoms. The van der Waals surface area contributed by atoms with Crippen molar-refractivity contribution in [3.05, 3.63) is 24.0 Å². The molecule has 2 aromatic rings. The molecule has 0 aliphatic carbocycles. The summed E-state index contributed by atoms with van der Waals surface area (Å²) in [6, 6.07) is 4.95. The van der Waals surface area contributed by atoms with Crippen LogP contribution in [0.3, 0.4) is 0 Å². The second-order valence-corrected chi connectivity index (χ2v) is 3.43. The lowest BCUT2D eigenvalue weighted by Gasteiger charge is -2.01. The van der Waals surface area contributed by atoms with Gasteiger partial charge in [-0.15, -0.1) is 0 Å². The van der Waals surface area contributed by atoms with Gasteiger partial charge in [0.05, 0.1) is 13.7 Å². The SMILES string of the molecule is [B]c1ccc(OC)c2oc(C(=O)OCC)cc12. The van der Waals surface area contributed by atoms with E-state index < -0.39 is 5.97 Å². The average molecular weight is 230 g/mol. The Morgan fingerprint density at radius 2 is 2.24 bits per heavy atom. The van der Waals surface area contributed by atoms with Crippen molar-refractivity contribution >= 4 is 30.2 Å². The van der Waals surface area contributed by atoms with Gasteiger partial charge in [-0.1, -0.05) is 11.5 Å². The van der Waals surface area contributed by atoms with E-state index in [1.54, 1.807) is 25.1 Å². The number of hydrogen-bond acceptors (Lipinski definition) is 4. The fraction of sp³-hybridized carbons (Fsp3) is 0.250.